The highest BCUT2D eigenvalue weighted by Crippen LogP contribution is 2.32. The molecule has 0 spiro atoms. The number of carbonyl (C=O) groups is 2. The minimum atomic E-state index is -0.172. The molecular weight excluding hydrogens is 384 g/mol. The van der Waals surface area contributed by atoms with Gasteiger partial charge in [0.25, 0.3) is 5.91 Å². The number of rotatable bonds is 4. The van der Waals surface area contributed by atoms with Gasteiger partial charge in [0.2, 0.25) is 11.7 Å². The molecule has 0 bridgehead atoms. The molecule has 4 heterocycles. The number of hydrogen-bond donors (Lipinski definition) is 1. The van der Waals surface area contributed by atoms with Crippen LogP contribution in [-0.4, -0.2) is 56.9 Å². The lowest BCUT2D eigenvalue weighted by Gasteiger charge is -2.35. The third kappa shape index (κ3) is 3.76. The molecule has 2 aliphatic heterocycles. The summed E-state index contributed by atoms with van der Waals surface area (Å²) in [6, 6.07) is 1.62. The first-order chi connectivity index (χ1) is 14.5. The average Bonchev–Trinajstić information content (AvgIpc) is 3.26. The second kappa shape index (κ2) is 8.41. The van der Waals surface area contributed by atoms with Crippen molar-refractivity contribution in [3.63, 3.8) is 0 Å². The lowest BCUT2D eigenvalue weighted by Crippen LogP contribution is -2.39. The highest BCUT2D eigenvalue weighted by atomic mass is 16.5. The number of amides is 2. The SMILES string of the molecule is CCc1cc(C(=O)N2CCc3nc([C@H]4CCCCN4C(C)=O)nc(NC)c3C2)on1. The van der Waals surface area contributed by atoms with E-state index in [1.165, 1.54) is 0 Å². The third-order valence-corrected chi connectivity index (χ3v) is 5.94. The Balaban J connectivity index is 1.60. The molecular formula is C21H28N6O3. The zero-order valence-electron chi connectivity index (χ0n) is 17.8. The molecule has 160 valence electrons. The fourth-order valence-electron chi connectivity index (χ4n) is 4.27. The summed E-state index contributed by atoms with van der Waals surface area (Å²) in [5.41, 5.74) is 2.62. The molecule has 9 heteroatoms. The van der Waals surface area contributed by atoms with Gasteiger partial charge >= 0.3 is 0 Å². The van der Waals surface area contributed by atoms with Crippen molar-refractivity contribution in [2.45, 2.75) is 58.5 Å². The molecule has 0 saturated carbocycles. The van der Waals surface area contributed by atoms with E-state index < -0.39 is 0 Å². The molecule has 2 aromatic rings. The molecule has 0 unspecified atom stereocenters. The molecule has 2 aliphatic rings. The Morgan fingerprint density at radius 2 is 2.10 bits per heavy atom. The highest BCUT2D eigenvalue weighted by molar-refractivity contribution is 5.91. The van der Waals surface area contributed by atoms with Gasteiger partial charge in [-0.3, -0.25) is 9.59 Å². The monoisotopic (exact) mass is 412 g/mol. The van der Waals surface area contributed by atoms with Gasteiger partial charge in [0.15, 0.2) is 5.82 Å². The summed E-state index contributed by atoms with van der Waals surface area (Å²) in [6.07, 6.45) is 4.30. The maximum Gasteiger partial charge on any atom is 0.292 e. The van der Waals surface area contributed by atoms with Gasteiger partial charge in [-0.05, 0) is 25.7 Å². The molecule has 9 nitrogen and oxygen atoms in total. The lowest BCUT2D eigenvalue weighted by atomic mass is 10.00. The van der Waals surface area contributed by atoms with E-state index in [1.54, 1.807) is 17.9 Å². The van der Waals surface area contributed by atoms with Crippen molar-refractivity contribution in [3.05, 3.63) is 34.6 Å². The largest absolute Gasteiger partial charge is 0.373 e. The van der Waals surface area contributed by atoms with Gasteiger partial charge in [-0.25, -0.2) is 9.97 Å². The highest BCUT2D eigenvalue weighted by Gasteiger charge is 2.32. The zero-order chi connectivity index (χ0) is 21.3. The summed E-state index contributed by atoms with van der Waals surface area (Å²) in [7, 11) is 1.82. The summed E-state index contributed by atoms with van der Waals surface area (Å²) < 4.78 is 5.22. The first kappa shape index (κ1) is 20.3. The molecule has 1 saturated heterocycles. The fourth-order valence-corrected chi connectivity index (χ4v) is 4.27. The standard InChI is InChI=1S/C21H28N6O3/c1-4-14-11-18(30-25-14)21(29)26-10-8-16-15(12-26)19(22-3)24-20(23-16)17-7-5-6-9-27(17)13(2)28/h11,17H,4-10,12H2,1-3H3,(H,22,23,24)/t17-/m1/s1. The van der Waals surface area contributed by atoms with E-state index in [9.17, 15) is 9.59 Å². The van der Waals surface area contributed by atoms with Crippen LogP contribution in [0.15, 0.2) is 10.6 Å². The van der Waals surface area contributed by atoms with Gasteiger partial charge in [-0.2, -0.15) is 0 Å². The fraction of sp³-hybridized carbons (Fsp3) is 0.571. The minimum absolute atomic E-state index is 0.0577. The predicted octanol–water partition coefficient (Wildman–Crippen LogP) is 2.34. The Bertz CT molecular complexity index is 939. The van der Waals surface area contributed by atoms with Crippen molar-refractivity contribution in [3.8, 4) is 0 Å². The van der Waals surface area contributed by atoms with Crippen molar-refractivity contribution in [1.82, 2.24) is 24.9 Å². The molecule has 2 aromatic heterocycles. The summed E-state index contributed by atoms with van der Waals surface area (Å²) in [4.78, 5) is 38.2. The predicted molar refractivity (Wildman–Crippen MR) is 110 cm³/mol. The quantitative estimate of drug-likeness (QED) is 0.822. The van der Waals surface area contributed by atoms with Crippen LogP contribution in [0.3, 0.4) is 0 Å². The van der Waals surface area contributed by atoms with Crippen molar-refractivity contribution < 1.29 is 14.1 Å². The van der Waals surface area contributed by atoms with Crippen molar-refractivity contribution >= 4 is 17.6 Å². The Kier molecular flexibility index (Phi) is 5.69. The van der Waals surface area contributed by atoms with Crippen molar-refractivity contribution in [2.24, 2.45) is 0 Å². The normalized spacial score (nSPS) is 18.8. The average molecular weight is 412 g/mol. The molecule has 0 radical (unpaired) electrons. The van der Waals surface area contributed by atoms with Crippen molar-refractivity contribution in [1.29, 1.82) is 0 Å². The van der Waals surface area contributed by atoms with Crippen LogP contribution in [-0.2, 0) is 24.2 Å². The van der Waals surface area contributed by atoms with E-state index in [-0.39, 0.29) is 23.6 Å². The van der Waals surface area contributed by atoms with E-state index in [1.807, 2.05) is 18.9 Å². The van der Waals surface area contributed by atoms with Crippen LogP contribution in [0.2, 0.25) is 0 Å². The van der Waals surface area contributed by atoms with Gasteiger partial charge in [-0.1, -0.05) is 12.1 Å². The molecule has 1 atom stereocenters. The maximum atomic E-state index is 12.9. The Morgan fingerprint density at radius 3 is 2.80 bits per heavy atom. The third-order valence-electron chi connectivity index (χ3n) is 5.94. The first-order valence-electron chi connectivity index (χ1n) is 10.6. The van der Waals surface area contributed by atoms with Crippen molar-refractivity contribution in [2.75, 3.05) is 25.5 Å². The van der Waals surface area contributed by atoms with Crippen LogP contribution in [0.1, 0.15) is 72.5 Å². The number of likely N-dealkylation sites (tertiary alicyclic amines) is 1. The Morgan fingerprint density at radius 1 is 1.27 bits per heavy atom. The Labute approximate surface area is 175 Å². The smallest absolute Gasteiger partial charge is 0.292 e. The van der Waals surface area contributed by atoms with Crippen LogP contribution >= 0.6 is 0 Å². The van der Waals surface area contributed by atoms with E-state index in [0.29, 0.717) is 31.2 Å². The van der Waals surface area contributed by atoms with E-state index in [4.69, 9.17) is 14.5 Å². The van der Waals surface area contributed by atoms with E-state index in [2.05, 4.69) is 10.5 Å². The van der Waals surface area contributed by atoms with E-state index in [0.717, 1.165) is 49.2 Å². The number of hydrogen-bond acceptors (Lipinski definition) is 7. The number of aryl methyl sites for hydroxylation is 1. The van der Waals surface area contributed by atoms with Gasteiger partial charge in [0, 0.05) is 45.1 Å². The molecule has 0 aliphatic carbocycles. The molecule has 1 fully saturated rings. The molecule has 0 aromatic carbocycles. The van der Waals surface area contributed by atoms with Crippen LogP contribution in [0.4, 0.5) is 5.82 Å². The number of nitrogens with one attached hydrogen (secondary N) is 1. The van der Waals surface area contributed by atoms with Crippen LogP contribution in [0.25, 0.3) is 0 Å². The number of nitrogens with zero attached hydrogens (tertiary/aromatic N) is 5. The lowest BCUT2D eigenvalue weighted by molar-refractivity contribution is -0.132. The minimum Gasteiger partial charge on any atom is -0.373 e. The van der Waals surface area contributed by atoms with Gasteiger partial charge in [0.05, 0.1) is 24.0 Å². The number of anilines is 1. The zero-order valence-corrected chi connectivity index (χ0v) is 17.8. The molecule has 4 rings (SSSR count). The van der Waals surface area contributed by atoms with Crippen LogP contribution < -0.4 is 5.32 Å². The summed E-state index contributed by atoms with van der Waals surface area (Å²) in [6.45, 7) is 5.28. The topological polar surface area (TPSA) is 104 Å². The van der Waals surface area contributed by atoms with E-state index >= 15 is 0 Å². The molecule has 30 heavy (non-hydrogen) atoms. The first-order valence-corrected chi connectivity index (χ1v) is 10.6. The van der Waals surface area contributed by atoms with Crippen LogP contribution in [0.5, 0.6) is 0 Å². The van der Waals surface area contributed by atoms with Gasteiger partial charge in [-0.15, -0.1) is 0 Å². The second-order valence-corrected chi connectivity index (χ2v) is 7.84. The molecule has 2 amide bonds. The summed E-state index contributed by atoms with van der Waals surface area (Å²) in [5.74, 6) is 1.55. The van der Waals surface area contributed by atoms with Gasteiger partial charge < -0.3 is 19.6 Å². The second-order valence-electron chi connectivity index (χ2n) is 7.84. The number of fused-ring (bicyclic) bond motifs is 1. The number of carbonyl (C=O) groups excluding carboxylic acids is 2. The van der Waals surface area contributed by atoms with Crippen LogP contribution in [0, 0.1) is 0 Å². The Hall–Kier alpha value is -2.97. The summed E-state index contributed by atoms with van der Waals surface area (Å²) >= 11 is 0. The maximum absolute atomic E-state index is 12.9. The molecule has 1 N–H and O–H groups in total. The number of aromatic nitrogens is 3. The summed E-state index contributed by atoms with van der Waals surface area (Å²) in [5, 5.41) is 7.08. The van der Waals surface area contributed by atoms with Gasteiger partial charge in [0.1, 0.15) is 5.82 Å². The number of piperidine rings is 1.